The van der Waals surface area contributed by atoms with Crippen LogP contribution in [0.25, 0.3) is 10.9 Å². The van der Waals surface area contributed by atoms with Crippen LogP contribution in [0.2, 0.25) is 0 Å². The van der Waals surface area contributed by atoms with E-state index in [-0.39, 0.29) is 10.8 Å². The third-order valence-corrected chi connectivity index (χ3v) is 6.94. The number of nitrogens with one attached hydrogen (secondary N) is 2. The molecule has 0 saturated carbocycles. The van der Waals surface area contributed by atoms with Gasteiger partial charge in [-0.15, -0.1) is 0 Å². The zero-order valence-corrected chi connectivity index (χ0v) is 17.4. The van der Waals surface area contributed by atoms with Crippen LogP contribution < -0.4 is 5.32 Å². The van der Waals surface area contributed by atoms with Crippen molar-refractivity contribution in [1.29, 1.82) is 0 Å². The van der Waals surface area contributed by atoms with E-state index in [0.29, 0.717) is 24.1 Å². The molecule has 0 aliphatic heterocycles. The highest BCUT2D eigenvalue weighted by atomic mass is 32.2. The topological polar surface area (TPSA) is 82.3 Å². The SMILES string of the molecule is Cc1cc(C(=O)NCCc2c[nH]c3ccccc23)cc(S(=O)(=O)N(C)C)c1C. The minimum absolute atomic E-state index is 0.166. The van der Waals surface area contributed by atoms with E-state index in [1.165, 1.54) is 20.2 Å². The van der Waals surface area contributed by atoms with Gasteiger partial charge in [-0.2, -0.15) is 0 Å². The average molecular weight is 400 g/mol. The number of aromatic amines is 1. The van der Waals surface area contributed by atoms with E-state index < -0.39 is 10.0 Å². The molecule has 0 saturated heterocycles. The normalized spacial score (nSPS) is 11.9. The Morgan fingerprint density at radius 1 is 1.14 bits per heavy atom. The predicted octanol–water partition coefficient (Wildman–Crippen LogP) is 3.01. The fourth-order valence-electron chi connectivity index (χ4n) is 3.17. The van der Waals surface area contributed by atoms with Crippen molar-refractivity contribution in [2.24, 2.45) is 0 Å². The van der Waals surface area contributed by atoms with Gasteiger partial charge in [0.2, 0.25) is 10.0 Å². The van der Waals surface area contributed by atoms with Crippen molar-refractivity contribution < 1.29 is 13.2 Å². The van der Waals surface area contributed by atoms with Gasteiger partial charge in [0.1, 0.15) is 0 Å². The number of hydrogen-bond donors (Lipinski definition) is 2. The van der Waals surface area contributed by atoms with Crippen LogP contribution in [0.5, 0.6) is 0 Å². The predicted molar refractivity (Wildman–Crippen MR) is 111 cm³/mol. The number of aromatic nitrogens is 1. The van der Waals surface area contributed by atoms with Crippen LogP contribution in [-0.2, 0) is 16.4 Å². The van der Waals surface area contributed by atoms with Gasteiger partial charge >= 0.3 is 0 Å². The van der Waals surface area contributed by atoms with E-state index in [1.54, 1.807) is 13.0 Å². The summed E-state index contributed by atoms with van der Waals surface area (Å²) in [5, 5.41) is 4.04. The fraction of sp³-hybridized carbons (Fsp3) is 0.286. The molecule has 1 heterocycles. The molecule has 28 heavy (non-hydrogen) atoms. The van der Waals surface area contributed by atoms with Crippen molar-refractivity contribution in [2.45, 2.75) is 25.2 Å². The number of fused-ring (bicyclic) bond motifs is 1. The van der Waals surface area contributed by atoms with Crippen LogP contribution in [-0.4, -0.2) is 44.3 Å². The first-order valence-electron chi connectivity index (χ1n) is 9.09. The van der Waals surface area contributed by atoms with Crippen molar-refractivity contribution in [1.82, 2.24) is 14.6 Å². The van der Waals surface area contributed by atoms with Crippen LogP contribution in [0.1, 0.15) is 27.0 Å². The van der Waals surface area contributed by atoms with Crippen molar-refractivity contribution in [3.8, 4) is 0 Å². The zero-order chi connectivity index (χ0) is 20.5. The van der Waals surface area contributed by atoms with Crippen LogP contribution in [0.4, 0.5) is 0 Å². The maximum atomic E-state index is 12.6. The van der Waals surface area contributed by atoms with E-state index in [1.807, 2.05) is 37.4 Å². The Morgan fingerprint density at radius 2 is 1.86 bits per heavy atom. The smallest absolute Gasteiger partial charge is 0.251 e. The molecule has 0 atom stereocenters. The number of rotatable bonds is 6. The molecule has 0 unspecified atom stereocenters. The molecule has 0 spiro atoms. The van der Waals surface area contributed by atoms with Gasteiger partial charge in [-0.3, -0.25) is 4.79 Å². The first-order chi connectivity index (χ1) is 13.2. The lowest BCUT2D eigenvalue weighted by molar-refractivity contribution is 0.0954. The van der Waals surface area contributed by atoms with Gasteiger partial charge in [0.15, 0.2) is 0 Å². The summed E-state index contributed by atoms with van der Waals surface area (Å²) in [5.74, 6) is -0.279. The lowest BCUT2D eigenvalue weighted by Crippen LogP contribution is -2.27. The van der Waals surface area contributed by atoms with Crippen LogP contribution in [0.3, 0.4) is 0 Å². The molecule has 0 aliphatic carbocycles. The molecule has 6 nitrogen and oxygen atoms in total. The molecular weight excluding hydrogens is 374 g/mol. The number of sulfonamides is 1. The van der Waals surface area contributed by atoms with Gasteiger partial charge in [-0.25, -0.2) is 12.7 Å². The number of aryl methyl sites for hydroxylation is 1. The number of hydrogen-bond acceptors (Lipinski definition) is 3. The molecule has 2 N–H and O–H groups in total. The Labute approximate surface area is 165 Å². The third-order valence-electron chi connectivity index (χ3n) is 5.00. The molecule has 0 radical (unpaired) electrons. The maximum absolute atomic E-state index is 12.6. The van der Waals surface area contributed by atoms with Crippen molar-refractivity contribution in [3.63, 3.8) is 0 Å². The Hall–Kier alpha value is -2.64. The molecule has 3 rings (SSSR count). The molecule has 0 bridgehead atoms. The van der Waals surface area contributed by atoms with E-state index in [0.717, 1.165) is 26.3 Å². The molecule has 1 aromatic heterocycles. The molecule has 0 aliphatic rings. The molecule has 2 aromatic carbocycles. The lowest BCUT2D eigenvalue weighted by Gasteiger charge is -2.16. The summed E-state index contributed by atoms with van der Waals surface area (Å²) in [6.45, 7) is 4.03. The summed E-state index contributed by atoms with van der Waals surface area (Å²) in [6.07, 6.45) is 2.64. The Kier molecular flexibility index (Phi) is 5.58. The van der Waals surface area contributed by atoms with E-state index >= 15 is 0 Å². The van der Waals surface area contributed by atoms with Crippen LogP contribution in [0.15, 0.2) is 47.5 Å². The van der Waals surface area contributed by atoms with Gasteiger partial charge < -0.3 is 10.3 Å². The number of carbonyl (C=O) groups is 1. The van der Waals surface area contributed by atoms with Gasteiger partial charge in [0.25, 0.3) is 5.91 Å². The zero-order valence-electron chi connectivity index (χ0n) is 16.5. The summed E-state index contributed by atoms with van der Waals surface area (Å²) in [5.41, 5.74) is 3.97. The highest BCUT2D eigenvalue weighted by Crippen LogP contribution is 2.23. The Morgan fingerprint density at radius 3 is 2.57 bits per heavy atom. The lowest BCUT2D eigenvalue weighted by atomic mass is 10.1. The van der Waals surface area contributed by atoms with E-state index in [4.69, 9.17) is 0 Å². The second-order valence-corrected chi connectivity index (χ2v) is 9.19. The van der Waals surface area contributed by atoms with Gasteiger partial charge in [-0.1, -0.05) is 18.2 Å². The number of nitrogens with zero attached hydrogens (tertiary/aromatic N) is 1. The van der Waals surface area contributed by atoms with E-state index in [9.17, 15) is 13.2 Å². The molecule has 3 aromatic rings. The van der Waals surface area contributed by atoms with Gasteiger partial charge in [0, 0.05) is 43.3 Å². The minimum atomic E-state index is -3.62. The molecule has 7 heteroatoms. The standard InChI is InChI=1S/C21H25N3O3S/c1-14-11-17(12-20(15(14)2)28(26,27)24(3)4)21(25)22-10-9-16-13-23-19-8-6-5-7-18(16)19/h5-8,11-13,23H,9-10H2,1-4H3,(H,22,25). The van der Waals surface area contributed by atoms with E-state index in [2.05, 4.69) is 10.3 Å². The summed E-state index contributed by atoms with van der Waals surface area (Å²) in [6, 6.07) is 11.2. The second kappa shape index (κ2) is 7.77. The average Bonchev–Trinajstić information content (AvgIpc) is 3.06. The van der Waals surface area contributed by atoms with Gasteiger partial charge in [-0.05, 0) is 55.2 Å². The molecular formula is C21H25N3O3S. The van der Waals surface area contributed by atoms with Gasteiger partial charge in [0.05, 0.1) is 4.90 Å². The molecule has 0 fully saturated rings. The number of carbonyl (C=O) groups excluding carboxylic acids is 1. The molecule has 148 valence electrons. The fourth-order valence-corrected chi connectivity index (χ4v) is 4.39. The Bertz CT molecular complexity index is 1130. The number of amides is 1. The maximum Gasteiger partial charge on any atom is 0.251 e. The van der Waals surface area contributed by atoms with Crippen LogP contribution >= 0.6 is 0 Å². The summed E-state index contributed by atoms with van der Waals surface area (Å²) < 4.78 is 26.3. The number of para-hydroxylation sites is 1. The monoisotopic (exact) mass is 399 g/mol. The largest absolute Gasteiger partial charge is 0.361 e. The van der Waals surface area contributed by atoms with Crippen molar-refractivity contribution >= 4 is 26.8 Å². The van der Waals surface area contributed by atoms with Crippen molar-refractivity contribution in [2.75, 3.05) is 20.6 Å². The van der Waals surface area contributed by atoms with Crippen LogP contribution in [0, 0.1) is 13.8 Å². The quantitative estimate of drug-likeness (QED) is 0.668. The van der Waals surface area contributed by atoms with Crippen molar-refractivity contribution in [3.05, 3.63) is 64.8 Å². The number of H-pyrrole nitrogens is 1. The summed E-state index contributed by atoms with van der Waals surface area (Å²) >= 11 is 0. The highest BCUT2D eigenvalue weighted by molar-refractivity contribution is 7.89. The second-order valence-electron chi connectivity index (χ2n) is 7.07. The molecule has 1 amide bonds. The Balaban J connectivity index is 1.77. The first kappa shape index (κ1) is 20.1. The highest BCUT2D eigenvalue weighted by Gasteiger charge is 2.22. The minimum Gasteiger partial charge on any atom is -0.361 e. The number of benzene rings is 2. The summed E-state index contributed by atoms with van der Waals surface area (Å²) in [4.78, 5) is 16.0. The summed E-state index contributed by atoms with van der Waals surface area (Å²) in [7, 11) is -0.649. The third kappa shape index (κ3) is 3.81. The first-order valence-corrected chi connectivity index (χ1v) is 10.5.